The number of nitrogens with one attached hydrogen (secondary N) is 2. The first kappa shape index (κ1) is 20.5. The summed E-state index contributed by atoms with van der Waals surface area (Å²) in [7, 11) is 1.68. The molecule has 0 unspecified atom stereocenters. The van der Waals surface area contributed by atoms with Crippen LogP contribution in [0.25, 0.3) is 28.0 Å². The maximum absolute atomic E-state index is 12.4. The highest BCUT2D eigenvalue weighted by Gasteiger charge is 2.39. The first-order valence-corrected chi connectivity index (χ1v) is 10.7. The fraction of sp³-hybridized carbons (Fsp3) is 0.261. The Bertz CT molecular complexity index is 1430. The lowest BCUT2D eigenvalue weighted by Gasteiger charge is -2.17. The third-order valence-corrected chi connectivity index (χ3v) is 6.38. The zero-order valence-electron chi connectivity index (χ0n) is 18.0. The van der Waals surface area contributed by atoms with Gasteiger partial charge in [0.1, 0.15) is 5.75 Å². The number of rotatable bonds is 5. The summed E-state index contributed by atoms with van der Waals surface area (Å²) >= 11 is 5.57. The van der Waals surface area contributed by atoms with Crippen molar-refractivity contribution >= 4 is 34.7 Å². The molecule has 3 N–H and O–H groups in total. The number of aromatic amines is 1. The van der Waals surface area contributed by atoms with E-state index < -0.39 is 5.41 Å². The van der Waals surface area contributed by atoms with Crippen LogP contribution in [0.3, 0.4) is 0 Å². The van der Waals surface area contributed by atoms with Crippen molar-refractivity contribution in [3.8, 4) is 22.8 Å². The number of fused-ring (bicyclic) bond motifs is 2. The fourth-order valence-corrected chi connectivity index (χ4v) is 4.51. The van der Waals surface area contributed by atoms with E-state index in [1.807, 2.05) is 54.9 Å². The molecule has 3 heterocycles. The zero-order chi connectivity index (χ0) is 22.6. The number of anilines is 1. The van der Waals surface area contributed by atoms with Gasteiger partial charge in [0.2, 0.25) is 5.91 Å². The summed E-state index contributed by atoms with van der Waals surface area (Å²) in [5.41, 5.74) is 3.09. The van der Waals surface area contributed by atoms with Gasteiger partial charge in [-0.25, -0.2) is 0 Å². The minimum Gasteiger partial charge on any atom is -0.507 e. The number of benzene rings is 2. The quantitative estimate of drug-likeness (QED) is 0.398. The topological polar surface area (TPSA) is 97.1 Å². The number of aromatic hydroxyl groups is 1. The van der Waals surface area contributed by atoms with E-state index in [0.29, 0.717) is 28.5 Å². The van der Waals surface area contributed by atoms with Gasteiger partial charge >= 0.3 is 0 Å². The van der Waals surface area contributed by atoms with Gasteiger partial charge in [0.05, 0.1) is 28.8 Å². The molecule has 0 saturated heterocycles. The number of phenols is 1. The maximum atomic E-state index is 12.4. The Hall–Kier alpha value is -3.43. The number of hydrogen-bond donors (Lipinski definition) is 3. The van der Waals surface area contributed by atoms with Crippen molar-refractivity contribution in [2.45, 2.75) is 25.8 Å². The van der Waals surface area contributed by atoms with Crippen LogP contribution in [0.1, 0.15) is 19.4 Å². The van der Waals surface area contributed by atoms with Crippen molar-refractivity contribution in [1.82, 2.24) is 19.3 Å². The van der Waals surface area contributed by atoms with E-state index in [1.54, 1.807) is 13.2 Å². The summed E-state index contributed by atoms with van der Waals surface area (Å²) in [5, 5.41) is 21.9. The van der Waals surface area contributed by atoms with Crippen LogP contribution in [0.15, 0.2) is 42.6 Å². The van der Waals surface area contributed by atoms with Crippen molar-refractivity contribution in [2.24, 2.45) is 0 Å². The highest BCUT2D eigenvalue weighted by molar-refractivity contribution is 7.71. The monoisotopic (exact) mass is 449 g/mol. The van der Waals surface area contributed by atoms with Gasteiger partial charge in [0, 0.05) is 37.0 Å². The Morgan fingerprint density at radius 2 is 2.06 bits per heavy atom. The molecule has 8 nitrogen and oxygen atoms in total. The highest BCUT2D eigenvalue weighted by atomic mass is 32.1. The number of H-pyrrole nitrogens is 1. The molecule has 0 bridgehead atoms. The zero-order valence-corrected chi connectivity index (χ0v) is 18.8. The molecular formula is C23H23N5O3S. The van der Waals surface area contributed by atoms with E-state index in [9.17, 15) is 9.90 Å². The molecule has 4 aromatic rings. The second-order valence-corrected chi connectivity index (χ2v) is 8.78. The molecule has 1 aliphatic rings. The molecule has 0 aliphatic carbocycles. The molecule has 2 aromatic carbocycles. The van der Waals surface area contributed by atoms with Crippen LogP contribution < -0.4 is 5.32 Å². The number of carbonyl (C=O) groups excluding carboxylic acids is 1. The Morgan fingerprint density at radius 3 is 2.84 bits per heavy atom. The van der Waals surface area contributed by atoms with Crippen molar-refractivity contribution in [1.29, 1.82) is 0 Å². The van der Waals surface area contributed by atoms with Crippen LogP contribution in [0.2, 0.25) is 0 Å². The van der Waals surface area contributed by atoms with Gasteiger partial charge in [-0.05, 0) is 55.9 Å². The molecule has 0 saturated carbocycles. The van der Waals surface area contributed by atoms with Crippen LogP contribution >= 0.6 is 12.2 Å². The second kappa shape index (κ2) is 7.32. The normalized spacial score (nSPS) is 14.7. The van der Waals surface area contributed by atoms with Crippen molar-refractivity contribution in [3.63, 3.8) is 0 Å². The Labute approximate surface area is 189 Å². The minimum atomic E-state index is -0.714. The molecule has 0 fully saturated rings. The summed E-state index contributed by atoms with van der Waals surface area (Å²) in [6.45, 7) is 5.05. The third kappa shape index (κ3) is 2.96. The molecule has 1 amide bonds. The van der Waals surface area contributed by atoms with E-state index >= 15 is 0 Å². The molecule has 0 atom stereocenters. The molecule has 0 radical (unpaired) electrons. The average Bonchev–Trinajstić information content (AvgIpc) is 3.40. The number of amides is 1. The highest BCUT2D eigenvalue weighted by Crippen LogP contribution is 2.43. The van der Waals surface area contributed by atoms with Crippen LogP contribution in [-0.4, -0.2) is 44.1 Å². The van der Waals surface area contributed by atoms with Gasteiger partial charge in [0.25, 0.3) is 0 Å². The first-order valence-electron chi connectivity index (χ1n) is 10.3. The number of phenolic OH excluding ortho intramolecular Hbond substituents is 1. The second-order valence-electron chi connectivity index (χ2n) is 8.39. The molecule has 1 aliphatic heterocycles. The standard InChI is InChI=1S/C23H23N5O3S/c1-23(2)15-11-14(19(29)12-16(15)24-21(23)30)20-25-26-22(32)28(20)18-6-4-5-17-13(18)7-8-27(17)9-10-31-3/h4-8,11-12,29H,9-10H2,1-3H3,(H,24,30)(H,26,32). The SMILES string of the molecule is COCCn1ccc2c(-n3c(-c4cc5c(cc4O)NC(=O)C5(C)C)n[nH]c3=S)cccc21. The number of hydrogen-bond acceptors (Lipinski definition) is 5. The molecule has 164 valence electrons. The van der Waals surface area contributed by atoms with Crippen molar-refractivity contribution in [2.75, 3.05) is 19.0 Å². The first-order chi connectivity index (χ1) is 15.3. The van der Waals surface area contributed by atoms with E-state index in [4.69, 9.17) is 17.0 Å². The van der Waals surface area contributed by atoms with Crippen LogP contribution in [-0.2, 0) is 21.5 Å². The van der Waals surface area contributed by atoms with Crippen LogP contribution in [0.4, 0.5) is 5.69 Å². The average molecular weight is 450 g/mol. The predicted octanol–water partition coefficient (Wildman–Crippen LogP) is 4.13. The largest absolute Gasteiger partial charge is 0.507 e. The number of carbonyl (C=O) groups is 1. The van der Waals surface area contributed by atoms with Gasteiger partial charge < -0.3 is 19.7 Å². The van der Waals surface area contributed by atoms with E-state index in [2.05, 4.69) is 20.1 Å². The molecule has 2 aromatic heterocycles. The number of ether oxygens (including phenoxy) is 1. The summed E-state index contributed by atoms with van der Waals surface area (Å²) in [4.78, 5) is 12.4. The minimum absolute atomic E-state index is 0.0156. The van der Waals surface area contributed by atoms with Gasteiger partial charge in [-0.1, -0.05) is 6.07 Å². The summed E-state index contributed by atoms with van der Waals surface area (Å²) in [6.07, 6.45) is 2.02. The molecule has 9 heteroatoms. The van der Waals surface area contributed by atoms with Crippen molar-refractivity contribution in [3.05, 3.63) is 52.9 Å². The number of nitrogens with zero attached hydrogens (tertiary/aromatic N) is 3. The van der Waals surface area contributed by atoms with Gasteiger partial charge in [-0.15, -0.1) is 0 Å². The molecule has 0 spiro atoms. The van der Waals surface area contributed by atoms with Crippen LogP contribution in [0.5, 0.6) is 5.75 Å². The van der Waals surface area contributed by atoms with E-state index in [0.717, 1.165) is 28.7 Å². The maximum Gasteiger partial charge on any atom is 0.234 e. The van der Waals surface area contributed by atoms with Crippen LogP contribution in [0, 0.1) is 4.77 Å². The molecular weight excluding hydrogens is 426 g/mol. The third-order valence-electron chi connectivity index (χ3n) is 6.11. The van der Waals surface area contributed by atoms with E-state index in [1.165, 1.54) is 0 Å². The summed E-state index contributed by atoms with van der Waals surface area (Å²) < 4.78 is 9.57. The predicted molar refractivity (Wildman–Crippen MR) is 125 cm³/mol. The smallest absolute Gasteiger partial charge is 0.234 e. The van der Waals surface area contributed by atoms with Gasteiger partial charge in [0.15, 0.2) is 10.6 Å². The molecule has 32 heavy (non-hydrogen) atoms. The van der Waals surface area contributed by atoms with Gasteiger partial charge in [-0.3, -0.25) is 14.5 Å². The van der Waals surface area contributed by atoms with Gasteiger partial charge in [-0.2, -0.15) is 5.10 Å². The lowest BCUT2D eigenvalue weighted by molar-refractivity contribution is -0.119. The lowest BCUT2D eigenvalue weighted by atomic mass is 9.85. The summed E-state index contributed by atoms with van der Waals surface area (Å²) in [6, 6.07) is 11.4. The summed E-state index contributed by atoms with van der Waals surface area (Å²) in [5.74, 6) is 0.384. The lowest BCUT2D eigenvalue weighted by Crippen LogP contribution is -2.26. The van der Waals surface area contributed by atoms with Crippen molar-refractivity contribution < 1.29 is 14.6 Å². The number of methoxy groups -OCH3 is 1. The molecule has 5 rings (SSSR count). The Morgan fingerprint density at radius 1 is 1.25 bits per heavy atom. The fourth-order valence-electron chi connectivity index (χ4n) is 4.28. The Balaban J connectivity index is 1.70. The van der Waals surface area contributed by atoms with E-state index in [-0.39, 0.29) is 11.7 Å². The number of aromatic nitrogens is 4. The Kier molecular flexibility index (Phi) is 4.68.